The Kier molecular flexibility index (Phi) is 6.34. The summed E-state index contributed by atoms with van der Waals surface area (Å²) in [7, 11) is 0. The molecule has 0 saturated carbocycles. The van der Waals surface area contributed by atoms with Crippen LogP contribution in [0.3, 0.4) is 0 Å². The first-order valence-corrected chi connectivity index (χ1v) is 9.78. The second kappa shape index (κ2) is 8.75. The molecule has 1 aromatic heterocycles. The third-order valence-electron chi connectivity index (χ3n) is 4.17. The molecule has 0 radical (unpaired) electrons. The summed E-state index contributed by atoms with van der Waals surface area (Å²) in [5.74, 6) is -1.29. The molecule has 0 aliphatic carbocycles. The Morgan fingerprint density at radius 1 is 1.17 bits per heavy atom. The zero-order valence-corrected chi connectivity index (χ0v) is 17.9. The maximum absolute atomic E-state index is 13.1. The van der Waals surface area contributed by atoms with Gasteiger partial charge < -0.3 is 10.6 Å². The normalized spacial score (nSPS) is 10.7. The van der Waals surface area contributed by atoms with E-state index in [4.69, 9.17) is 11.6 Å². The molecule has 150 valence electrons. The van der Waals surface area contributed by atoms with Gasteiger partial charge in [0, 0.05) is 10.2 Å². The van der Waals surface area contributed by atoms with Gasteiger partial charge in [-0.05, 0) is 61.9 Å². The molecule has 0 aliphatic rings. The van der Waals surface area contributed by atoms with Crippen molar-refractivity contribution >= 4 is 45.0 Å². The highest BCUT2D eigenvalue weighted by molar-refractivity contribution is 9.10. The molecule has 0 atom stereocenters. The molecule has 0 aliphatic heterocycles. The molecule has 2 aromatic carbocycles. The first-order valence-electron chi connectivity index (χ1n) is 8.61. The van der Waals surface area contributed by atoms with Gasteiger partial charge in [-0.3, -0.25) is 9.59 Å². The minimum Gasteiger partial charge on any atom is -0.343 e. The van der Waals surface area contributed by atoms with Gasteiger partial charge in [-0.15, -0.1) is 0 Å². The van der Waals surface area contributed by atoms with Gasteiger partial charge in [0.25, 0.3) is 5.91 Å². The van der Waals surface area contributed by atoms with Crippen molar-refractivity contribution < 1.29 is 14.0 Å². The lowest BCUT2D eigenvalue weighted by atomic mass is 10.2. The van der Waals surface area contributed by atoms with E-state index in [1.807, 2.05) is 19.1 Å². The van der Waals surface area contributed by atoms with Gasteiger partial charge in [-0.25, -0.2) is 9.07 Å². The zero-order chi connectivity index (χ0) is 21.1. The third-order valence-corrected chi connectivity index (χ3v) is 5.02. The van der Waals surface area contributed by atoms with Crippen molar-refractivity contribution in [2.75, 3.05) is 11.9 Å². The molecule has 0 fully saturated rings. The molecular formula is C20H17BrClFN4O2. The van der Waals surface area contributed by atoms with Crippen LogP contribution in [0.25, 0.3) is 5.69 Å². The predicted molar refractivity (Wildman–Crippen MR) is 113 cm³/mol. The van der Waals surface area contributed by atoms with E-state index in [1.165, 1.54) is 28.9 Å². The molecule has 2 N–H and O–H groups in total. The number of benzene rings is 2. The molecule has 6 nitrogen and oxygen atoms in total. The van der Waals surface area contributed by atoms with Crippen molar-refractivity contribution in [3.8, 4) is 5.69 Å². The van der Waals surface area contributed by atoms with E-state index >= 15 is 0 Å². The first-order chi connectivity index (χ1) is 13.8. The standard InChI is InChI=1S/C20H17BrClFN4O2/c1-11-9-13(21)3-8-16(11)25-17(28)10-24-20(29)18-12(2)26-27(19(18)22)15-6-4-14(23)5-7-15/h3-9H,10H2,1-2H3,(H,24,29)(H,25,28). The van der Waals surface area contributed by atoms with E-state index < -0.39 is 11.7 Å². The quantitative estimate of drug-likeness (QED) is 0.569. The number of halogens is 3. The molecule has 9 heteroatoms. The summed E-state index contributed by atoms with van der Waals surface area (Å²) in [6.45, 7) is 3.27. The average molecular weight is 480 g/mol. The second-order valence-electron chi connectivity index (χ2n) is 6.33. The summed E-state index contributed by atoms with van der Waals surface area (Å²) in [5.41, 5.74) is 2.61. The van der Waals surface area contributed by atoms with Crippen LogP contribution >= 0.6 is 27.5 Å². The fourth-order valence-electron chi connectivity index (χ4n) is 2.72. The maximum atomic E-state index is 13.1. The molecule has 2 amide bonds. The summed E-state index contributed by atoms with van der Waals surface area (Å²) >= 11 is 9.69. The SMILES string of the molecule is Cc1cc(Br)ccc1NC(=O)CNC(=O)c1c(C)nn(-c2ccc(F)cc2)c1Cl. The Morgan fingerprint density at radius 3 is 2.52 bits per heavy atom. The second-order valence-corrected chi connectivity index (χ2v) is 7.60. The maximum Gasteiger partial charge on any atom is 0.256 e. The Bertz CT molecular complexity index is 1080. The number of rotatable bonds is 5. The number of nitrogens with zero attached hydrogens (tertiary/aromatic N) is 2. The number of carbonyl (C=O) groups is 2. The molecule has 1 heterocycles. The average Bonchev–Trinajstić information content (AvgIpc) is 2.97. The van der Waals surface area contributed by atoms with Gasteiger partial charge in [0.05, 0.1) is 23.5 Å². The fourth-order valence-corrected chi connectivity index (χ4v) is 3.55. The summed E-state index contributed by atoms with van der Waals surface area (Å²) in [6.07, 6.45) is 0. The van der Waals surface area contributed by atoms with E-state index in [1.54, 1.807) is 13.0 Å². The summed E-state index contributed by atoms with van der Waals surface area (Å²) in [6, 6.07) is 11.0. The zero-order valence-electron chi connectivity index (χ0n) is 15.6. The van der Waals surface area contributed by atoms with E-state index in [0.717, 1.165) is 10.0 Å². The molecular weight excluding hydrogens is 463 g/mol. The van der Waals surface area contributed by atoms with Crippen LogP contribution in [0.4, 0.5) is 10.1 Å². The molecule has 0 saturated heterocycles. The largest absolute Gasteiger partial charge is 0.343 e. The van der Waals surface area contributed by atoms with E-state index in [2.05, 4.69) is 31.7 Å². The summed E-state index contributed by atoms with van der Waals surface area (Å²) in [5, 5.41) is 9.62. The molecule has 0 bridgehead atoms. The van der Waals surface area contributed by atoms with E-state index in [-0.39, 0.29) is 23.2 Å². The third kappa shape index (κ3) is 4.83. The number of nitrogens with one attached hydrogen (secondary N) is 2. The molecule has 29 heavy (non-hydrogen) atoms. The van der Waals surface area contributed by atoms with Crippen molar-refractivity contribution in [2.24, 2.45) is 0 Å². The van der Waals surface area contributed by atoms with Gasteiger partial charge in [0.1, 0.15) is 11.0 Å². The number of aryl methyl sites for hydroxylation is 2. The minimum absolute atomic E-state index is 0.0794. The number of carbonyl (C=O) groups excluding carboxylic acids is 2. The van der Waals surface area contributed by atoms with Crippen LogP contribution in [0.15, 0.2) is 46.9 Å². The van der Waals surface area contributed by atoms with Crippen LogP contribution in [-0.4, -0.2) is 28.1 Å². The van der Waals surface area contributed by atoms with Crippen LogP contribution in [0.1, 0.15) is 21.6 Å². The van der Waals surface area contributed by atoms with Crippen molar-refractivity contribution in [1.82, 2.24) is 15.1 Å². The molecule has 3 rings (SSSR count). The Hall–Kier alpha value is -2.71. The van der Waals surface area contributed by atoms with Crippen LogP contribution in [0, 0.1) is 19.7 Å². The molecule has 3 aromatic rings. The van der Waals surface area contributed by atoms with Crippen molar-refractivity contribution in [3.05, 3.63) is 74.7 Å². The van der Waals surface area contributed by atoms with E-state index in [9.17, 15) is 14.0 Å². The van der Waals surface area contributed by atoms with Crippen LogP contribution in [-0.2, 0) is 4.79 Å². The van der Waals surface area contributed by atoms with E-state index in [0.29, 0.717) is 17.1 Å². The summed E-state index contributed by atoms with van der Waals surface area (Å²) < 4.78 is 15.4. The Balaban J connectivity index is 1.69. The number of hydrogen-bond donors (Lipinski definition) is 2. The highest BCUT2D eigenvalue weighted by atomic mass is 79.9. The van der Waals surface area contributed by atoms with Gasteiger partial charge in [-0.2, -0.15) is 5.10 Å². The Labute approximate surface area is 180 Å². The number of aromatic nitrogens is 2. The highest BCUT2D eigenvalue weighted by Crippen LogP contribution is 2.24. The lowest BCUT2D eigenvalue weighted by molar-refractivity contribution is -0.115. The lowest BCUT2D eigenvalue weighted by Gasteiger charge is -2.10. The lowest BCUT2D eigenvalue weighted by Crippen LogP contribution is -2.33. The molecule has 0 spiro atoms. The van der Waals surface area contributed by atoms with Crippen LogP contribution < -0.4 is 10.6 Å². The predicted octanol–water partition coefficient (Wildman–Crippen LogP) is 4.41. The van der Waals surface area contributed by atoms with Gasteiger partial charge >= 0.3 is 0 Å². The van der Waals surface area contributed by atoms with Crippen molar-refractivity contribution in [1.29, 1.82) is 0 Å². The molecule has 0 unspecified atom stereocenters. The van der Waals surface area contributed by atoms with Gasteiger partial charge in [-0.1, -0.05) is 27.5 Å². The van der Waals surface area contributed by atoms with Gasteiger partial charge in [0.2, 0.25) is 5.91 Å². The highest BCUT2D eigenvalue weighted by Gasteiger charge is 2.21. The van der Waals surface area contributed by atoms with Gasteiger partial charge in [0.15, 0.2) is 0 Å². The Morgan fingerprint density at radius 2 is 1.86 bits per heavy atom. The summed E-state index contributed by atoms with van der Waals surface area (Å²) in [4.78, 5) is 24.7. The fraction of sp³-hybridized carbons (Fsp3) is 0.150. The number of anilines is 1. The topological polar surface area (TPSA) is 76.0 Å². The number of hydrogen-bond acceptors (Lipinski definition) is 3. The monoisotopic (exact) mass is 478 g/mol. The van der Waals surface area contributed by atoms with Crippen molar-refractivity contribution in [3.63, 3.8) is 0 Å². The number of amides is 2. The van der Waals surface area contributed by atoms with Crippen LogP contribution in [0.5, 0.6) is 0 Å². The van der Waals surface area contributed by atoms with Crippen molar-refractivity contribution in [2.45, 2.75) is 13.8 Å². The smallest absolute Gasteiger partial charge is 0.256 e. The first kappa shape index (κ1) is 21.0. The van der Waals surface area contributed by atoms with Crippen LogP contribution in [0.2, 0.25) is 5.15 Å². The minimum atomic E-state index is -0.525.